The maximum atomic E-state index is 9.43. The Morgan fingerprint density at radius 1 is 1.42 bits per heavy atom. The minimum Gasteiger partial charge on any atom is -0.390 e. The Balaban J connectivity index is 3.31. The maximum absolute atomic E-state index is 9.43. The van der Waals surface area contributed by atoms with E-state index in [0.29, 0.717) is 5.92 Å². The molecule has 0 aliphatic heterocycles. The molecule has 0 fully saturated rings. The van der Waals surface area contributed by atoms with Gasteiger partial charge in [-0.15, -0.1) is 0 Å². The predicted molar refractivity (Wildman–Crippen MR) is 51.2 cm³/mol. The quantitative estimate of drug-likeness (QED) is 0.669. The van der Waals surface area contributed by atoms with Gasteiger partial charge in [-0.05, 0) is 32.6 Å². The van der Waals surface area contributed by atoms with Gasteiger partial charge in [-0.1, -0.05) is 13.3 Å². The summed E-state index contributed by atoms with van der Waals surface area (Å²) in [5, 5.41) is 9.43. The van der Waals surface area contributed by atoms with Crippen molar-refractivity contribution >= 4 is 0 Å². The first-order valence-corrected chi connectivity index (χ1v) is 4.67. The molecule has 0 aliphatic rings. The maximum Gasteiger partial charge on any atom is 0.0591 e. The Labute approximate surface area is 75.9 Å². The van der Waals surface area contributed by atoms with Crippen LogP contribution in [0.4, 0.5) is 0 Å². The molecule has 0 saturated carbocycles. The van der Waals surface area contributed by atoms with Crippen LogP contribution in [0.3, 0.4) is 0 Å². The third kappa shape index (κ3) is 8.02. The minimum atomic E-state index is -0.507. The molecule has 12 heavy (non-hydrogen) atoms. The van der Waals surface area contributed by atoms with Gasteiger partial charge in [0.25, 0.3) is 0 Å². The molecule has 2 nitrogen and oxygen atoms in total. The third-order valence-electron chi connectivity index (χ3n) is 1.94. The Kier molecular flexibility index (Phi) is 5.51. The number of ether oxygens (including phenoxy) is 1. The lowest BCUT2D eigenvalue weighted by molar-refractivity contribution is 0.0648. The molecule has 0 heterocycles. The van der Waals surface area contributed by atoms with Gasteiger partial charge in [-0.25, -0.2) is 0 Å². The van der Waals surface area contributed by atoms with E-state index in [4.69, 9.17) is 4.74 Å². The number of hydrogen-bond acceptors (Lipinski definition) is 2. The molecule has 74 valence electrons. The first-order valence-electron chi connectivity index (χ1n) is 4.67. The van der Waals surface area contributed by atoms with Crippen LogP contribution in [0.5, 0.6) is 0 Å². The molecule has 0 spiro atoms. The highest BCUT2D eigenvalue weighted by atomic mass is 16.5. The summed E-state index contributed by atoms with van der Waals surface area (Å²) in [6.07, 6.45) is 3.09. The molecule has 0 rings (SSSR count). The standard InChI is InChI=1S/C10H22O2/c1-9(8-12-4)6-5-7-10(2,3)11/h9,11H,5-8H2,1-4H3. The van der Waals surface area contributed by atoms with Crippen LogP contribution < -0.4 is 0 Å². The highest BCUT2D eigenvalue weighted by molar-refractivity contribution is 4.65. The first kappa shape index (κ1) is 11.9. The summed E-state index contributed by atoms with van der Waals surface area (Å²) in [6, 6.07) is 0. The van der Waals surface area contributed by atoms with Crippen molar-refractivity contribution in [3.8, 4) is 0 Å². The lowest BCUT2D eigenvalue weighted by atomic mass is 9.97. The largest absolute Gasteiger partial charge is 0.390 e. The van der Waals surface area contributed by atoms with E-state index in [0.717, 1.165) is 25.9 Å². The molecule has 0 aromatic carbocycles. The number of aliphatic hydroxyl groups is 1. The van der Waals surface area contributed by atoms with E-state index in [2.05, 4.69) is 6.92 Å². The van der Waals surface area contributed by atoms with Crippen LogP contribution >= 0.6 is 0 Å². The van der Waals surface area contributed by atoms with Gasteiger partial charge in [0.05, 0.1) is 5.60 Å². The Morgan fingerprint density at radius 2 is 2.00 bits per heavy atom. The number of hydrogen-bond donors (Lipinski definition) is 1. The van der Waals surface area contributed by atoms with Gasteiger partial charge in [-0.3, -0.25) is 0 Å². The highest BCUT2D eigenvalue weighted by Crippen LogP contribution is 2.15. The van der Waals surface area contributed by atoms with Crippen LogP contribution in [0.1, 0.15) is 40.0 Å². The summed E-state index contributed by atoms with van der Waals surface area (Å²) in [6.45, 7) is 6.71. The SMILES string of the molecule is COCC(C)CCCC(C)(C)O. The zero-order chi connectivity index (χ0) is 9.61. The molecule has 1 N–H and O–H groups in total. The van der Waals surface area contributed by atoms with Crippen LogP contribution in [0.25, 0.3) is 0 Å². The average molecular weight is 174 g/mol. The van der Waals surface area contributed by atoms with E-state index >= 15 is 0 Å². The van der Waals surface area contributed by atoms with Crippen LogP contribution in [0.2, 0.25) is 0 Å². The lowest BCUT2D eigenvalue weighted by Gasteiger charge is -2.18. The van der Waals surface area contributed by atoms with E-state index in [1.807, 2.05) is 13.8 Å². The fraction of sp³-hybridized carbons (Fsp3) is 1.00. The highest BCUT2D eigenvalue weighted by Gasteiger charge is 2.12. The van der Waals surface area contributed by atoms with Crippen LogP contribution in [-0.2, 0) is 4.74 Å². The molecule has 0 radical (unpaired) electrons. The van der Waals surface area contributed by atoms with E-state index in [9.17, 15) is 5.11 Å². The number of methoxy groups -OCH3 is 1. The molecule has 2 heteroatoms. The van der Waals surface area contributed by atoms with Crippen molar-refractivity contribution in [2.75, 3.05) is 13.7 Å². The first-order chi connectivity index (χ1) is 5.45. The van der Waals surface area contributed by atoms with Crippen molar-refractivity contribution in [1.29, 1.82) is 0 Å². The summed E-state index contributed by atoms with van der Waals surface area (Å²) in [4.78, 5) is 0. The van der Waals surface area contributed by atoms with Gasteiger partial charge in [0.2, 0.25) is 0 Å². The molecule has 0 saturated heterocycles. The average Bonchev–Trinajstić information content (AvgIpc) is 1.84. The Bertz CT molecular complexity index is 105. The fourth-order valence-electron chi connectivity index (χ4n) is 1.25. The Morgan fingerprint density at radius 3 is 2.42 bits per heavy atom. The molecule has 0 aromatic heterocycles. The van der Waals surface area contributed by atoms with Crippen molar-refractivity contribution in [2.24, 2.45) is 5.92 Å². The predicted octanol–water partition coefficient (Wildman–Crippen LogP) is 2.21. The molecule has 0 aromatic rings. The second-order valence-corrected chi connectivity index (χ2v) is 4.27. The van der Waals surface area contributed by atoms with E-state index < -0.39 is 5.60 Å². The lowest BCUT2D eigenvalue weighted by Crippen LogP contribution is -2.18. The monoisotopic (exact) mass is 174 g/mol. The molecule has 0 amide bonds. The second-order valence-electron chi connectivity index (χ2n) is 4.27. The zero-order valence-corrected chi connectivity index (χ0v) is 8.76. The summed E-state index contributed by atoms with van der Waals surface area (Å²) >= 11 is 0. The van der Waals surface area contributed by atoms with Crippen molar-refractivity contribution in [2.45, 2.75) is 45.6 Å². The summed E-state index contributed by atoms with van der Waals surface area (Å²) in [7, 11) is 1.73. The summed E-state index contributed by atoms with van der Waals surface area (Å²) < 4.78 is 5.02. The summed E-state index contributed by atoms with van der Waals surface area (Å²) in [5.74, 6) is 0.609. The van der Waals surface area contributed by atoms with Crippen molar-refractivity contribution in [1.82, 2.24) is 0 Å². The Hall–Kier alpha value is -0.0800. The van der Waals surface area contributed by atoms with E-state index in [1.165, 1.54) is 0 Å². The van der Waals surface area contributed by atoms with Crippen molar-refractivity contribution in [3.63, 3.8) is 0 Å². The zero-order valence-electron chi connectivity index (χ0n) is 8.76. The molecule has 0 bridgehead atoms. The van der Waals surface area contributed by atoms with Crippen molar-refractivity contribution in [3.05, 3.63) is 0 Å². The van der Waals surface area contributed by atoms with E-state index in [1.54, 1.807) is 7.11 Å². The topological polar surface area (TPSA) is 29.5 Å². The van der Waals surface area contributed by atoms with Gasteiger partial charge in [0.15, 0.2) is 0 Å². The minimum absolute atomic E-state index is 0.507. The van der Waals surface area contributed by atoms with Gasteiger partial charge in [0, 0.05) is 13.7 Å². The fourth-order valence-corrected chi connectivity index (χ4v) is 1.25. The van der Waals surface area contributed by atoms with Gasteiger partial charge >= 0.3 is 0 Å². The van der Waals surface area contributed by atoms with E-state index in [-0.39, 0.29) is 0 Å². The third-order valence-corrected chi connectivity index (χ3v) is 1.94. The normalized spacial score (nSPS) is 14.8. The van der Waals surface area contributed by atoms with Gasteiger partial charge < -0.3 is 9.84 Å². The second kappa shape index (κ2) is 5.55. The van der Waals surface area contributed by atoms with Crippen LogP contribution in [0, 0.1) is 5.92 Å². The molecule has 1 atom stereocenters. The smallest absolute Gasteiger partial charge is 0.0591 e. The molecular weight excluding hydrogens is 152 g/mol. The van der Waals surface area contributed by atoms with Crippen LogP contribution in [-0.4, -0.2) is 24.4 Å². The van der Waals surface area contributed by atoms with Crippen molar-refractivity contribution < 1.29 is 9.84 Å². The van der Waals surface area contributed by atoms with Crippen LogP contribution in [0.15, 0.2) is 0 Å². The molecule has 0 aliphatic carbocycles. The molecule has 1 unspecified atom stereocenters. The van der Waals surface area contributed by atoms with Gasteiger partial charge in [0.1, 0.15) is 0 Å². The summed E-state index contributed by atoms with van der Waals surface area (Å²) in [5.41, 5.74) is -0.507. The van der Waals surface area contributed by atoms with Gasteiger partial charge in [-0.2, -0.15) is 0 Å². The molecular formula is C10H22O2. The number of rotatable bonds is 6.